The van der Waals surface area contributed by atoms with E-state index in [-0.39, 0.29) is 5.69 Å². The molecule has 0 aromatic heterocycles. The Labute approximate surface area is 115 Å². The van der Waals surface area contributed by atoms with E-state index in [0.29, 0.717) is 10.7 Å². The Kier molecular flexibility index (Phi) is 3.92. The summed E-state index contributed by atoms with van der Waals surface area (Å²) in [4.78, 5) is 14.5. The molecule has 0 atom stereocenters. The lowest BCUT2D eigenvalue weighted by Crippen LogP contribution is -1.88. The van der Waals surface area contributed by atoms with Crippen LogP contribution < -0.4 is 0 Å². The van der Waals surface area contributed by atoms with Gasteiger partial charge in [0.05, 0.1) is 10.6 Å². The fourth-order valence-electron chi connectivity index (χ4n) is 1.63. The number of benzene rings is 2. The van der Waals surface area contributed by atoms with Crippen molar-refractivity contribution in [3.05, 3.63) is 68.7 Å². The van der Waals surface area contributed by atoms with Gasteiger partial charge in [0.15, 0.2) is 0 Å². The molecule has 19 heavy (non-hydrogen) atoms. The smallest absolute Gasteiger partial charge is 0.258 e. The molecule has 0 radical (unpaired) electrons. The molecule has 4 nitrogen and oxygen atoms in total. The highest BCUT2D eigenvalue weighted by molar-refractivity contribution is 6.30. The third-order valence-electron chi connectivity index (χ3n) is 2.59. The molecule has 0 amide bonds. The molecule has 0 aliphatic heterocycles. The molecule has 0 N–H and O–H groups in total. The minimum Gasteiger partial charge on any atom is -0.258 e. The van der Waals surface area contributed by atoms with Crippen LogP contribution in [0.2, 0.25) is 5.02 Å². The van der Waals surface area contributed by atoms with Crippen molar-refractivity contribution in [3.63, 3.8) is 0 Å². The lowest BCUT2D eigenvalue weighted by atomic mass is 10.2. The highest BCUT2D eigenvalue weighted by atomic mass is 35.5. The Bertz CT molecular complexity index is 654. The second kappa shape index (κ2) is 5.63. The van der Waals surface area contributed by atoms with Crippen LogP contribution in [0.25, 0.3) is 0 Å². The molecular formula is C14H11ClN2O2. The number of hydrogen-bond donors (Lipinski definition) is 0. The largest absolute Gasteiger partial charge is 0.269 e. The number of rotatable bonds is 3. The van der Waals surface area contributed by atoms with E-state index in [4.69, 9.17) is 11.6 Å². The highest BCUT2D eigenvalue weighted by Gasteiger charge is 2.06. The molecule has 2 aromatic rings. The summed E-state index contributed by atoms with van der Waals surface area (Å²) >= 11 is 5.88. The van der Waals surface area contributed by atoms with E-state index in [9.17, 15) is 10.1 Å². The van der Waals surface area contributed by atoms with E-state index in [1.54, 1.807) is 31.3 Å². The standard InChI is InChI=1S/C14H11ClN2O2/c1-10-7-13(17(18)19)5-6-14(10)16-9-11-3-2-4-12(15)8-11/h2-9H,1H3. The Hall–Kier alpha value is -2.20. The quantitative estimate of drug-likeness (QED) is 0.476. The molecule has 2 rings (SSSR count). The maximum Gasteiger partial charge on any atom is 0.269 e. The third-order valence-corrected chi connectivity index (χ3v) is 2.83. The van der Waals surface area contributed by atoms with E-state index >= 15 is 0 Å². The molecular weight excluding hydrogens is 264 g/mol. The van der Waals surface area contributed by atoms with E-state index in [0.717, 1.165) is 11.1 Å². The molecule has 0 heterocycles. The first-order valence-corrected chi connectivity index (χ1v) is 5.99. The maximum absolute atomic E-state index is 10.6. The number of nitro benzene ring substituents is 1. The number of non-ortho nitro benzene ring substituents is 1. The van der Waals surface area contributed by atoms with Gasteiger partial charge in [-0.15, -0.1) is 0 Å². The predicted molar refractivity (Wildman–Crippen MR) is 76.5 cm³/mol. The summed E-state index contributed by atoms with van der Waals surface area (Å²) in [6.45, 7) is 1.79. The Balaban J connectivity index is 2.26. The van der Waals surface area contributed by atoms with Gasteiger partial charge in [-0.3, -0.25) is 15.1 Å². The zero-order valence-electron chi connectivity index (χ0n) is 10.2. The van der Waals surface area contributed by atoms with Gasteiger partial charge < -0.3 is 0 Å². The first-order valence-electron chi connectivity index (χ1n) is 5.61. The Morgan fingerprint density at radius 1 is 1.26 bits per heavy atom. The molecule has 0 saturated heterocycles. The van der Waals surface area contributed by atoms with Crippen molar-refractivity contribution in [1.29, 1.82) is 0 Å². The third kappa shape index (κ3) is 3.39. The van der Waals surface area contributed by atoms with E-state index in [2.05, 4.69) is 4.99 Å². The minimum atomic E-state index is -0.419. The van der Waals surface area contributed by atoms with Crippen molar-refractivity contribution >= 4 is 29.2 Å². The summed E-state index contributed by atoms with van der Waals surface area (Å²) in [7, 11) is 0. The van der Waals surface area contributed by atoms with Crippen LogP contribution in [-0.4, -0.2) is 11.1 Å². The SMILES string of the molecule is Cc1cc([N+](=O)[O-])ccc1N=Cc1cccc(Cl)c1. The Morgan fingerprint density at radius 2 is 2.05 bits per heavy atom. The van der Waals surface area contributed by atoms with Crippen molar-refractivity contribution in [3.8, 4) is 0 Å². The second-order valence-corrected chi connectivity index (χ2v) is 4.48. The monoisotopic (exact) mass is 274 g/mol. The lowest BCUT2D eigenvalue weighted by molar-refractivity contribution is -0.384. The average Bonchev–Trinajstić information content (AvgIpc) is 2.37. The summed E-state index contributed by atoms with van der Waals surface area (Å²) in [5.74, 6) is 0. The van der Waals surface area contributed by atoms with Crippen molar-refractivity contribution in [2.24, 2.45) is 4.99 Å². The molecule has 2 aromatic carbocycles. The first kappa shape index (κ1) is 13.2. The zero-order chi connectivity index (χ0) is 13.8. The van der Waals surface area contributed by atoms with Gasteiger partial charge in [-0.1, -0.05) is 23.7 Å². The van der Waals surface area contributed by atoms with Crippen molar-refractivity contribution in [2.75, 3.05) is 0 Å². The van der Waals surface area contributed by atoms with Gasteiger partial charge in [0.1, 0.15) is 0 Å². The normalized spacial score (nSPS) is 10.8. The van der Waals surface area contributed by atoms with Gasteiger partial charge in [-0.25, -0.2) is 0 Å². The molecule has 5 heteroatoms. The second-order valence-electron chi connectivity index (χ2n) is 4.04. The van der Waals surface area contributed by atoms with Crippen LogP contribution >= 0.6 is 11.6 Å². The molecule has 0 saturated carbocycles. The van der Waals surface area contributed by atoms with Gasteiger partial charge in [-0.05, 0) is 36.2 Å². The minimum absolute atomic E-state index is 0.0687. The highest BCUT2D eigenvalue weighted by Crippen LogP contribution is 2.23. The van der Waals surface area contributed by atoms with Gasteiger partial charge in [0.2, 0.25) is 0 Å². The number of nitrogens with zero attached hydrogens (tertiary/aromatic N) is 2. The van der Waals surface area contributed by atoms with Gasteiger partial charge >= 0.3 is 0 Å². The number of hydrogen-bond acceptors (Lipinski definition) is 3. The van der Waals surface area contributed by atoms with Gasteiger partial charge in [-0.2, -0.15) is 0 Å². The van der Waals surface area contributed by atoms with Crippen molar-refractivity contribution in [2.45, 2.75) is 6.92 Å². The van der Waals surface area contributed by atoms with Crippen LogP contribution in [0, 0.1) is 17.0 Å². The molecule has 0 aliphatic rings. The van der Waals surface area contributed by atoms with Crippen LogP contribution in [0.15, 0.2) is 47.5 Å². The van der Waals surface area contributed by atoms with Gasteiger partial charge in [0.25, 0.3) is 5.69 Å². The van der Waals surface area contributed by atoms with E-state index in [1.807, 2.05) is 12.1 Å². The molecule has 0 fully saturated rings. The topological polar surface area (TPSA) is 55.5 Å². The van der Waals surface area contributed by atoms with E-state index in [1.165, 1.54) is 12.1 Å². The molecule has 0 unspecified atom stereocenters. The zero-order valence-corrected chi connectivity index (χ0v) is 11.0. The van der Waals surface area contributed by atoms with Crippen LogP contribution in [0.1, 0.15) is 11.1 Å². The predicted octanol–water partition coefficient (Wildman–Crippen LogP) is 4.31. The fourth-order valence-corrected chi connectivity index (χ4v) is 1.83. The molecule has 96 valence electrons. The molecule has 0 bridgehead atoms. The molecule has 0 aliphatic carbocycles. The first-order chi connectivity index (χ1) is 9.06. The summed E-state index contributed by atoms with van der Waals surface area (Å²) in [5.41, 5.74) is 2.41. The number of aryl methyl sites for hydroxylation is 1. The van der Waals surface area contributed by atoms with E-state index < -0.39 is 4.92 Å². The fraction of sp³-hybridized carbons (Fsp3) is 0.0714. The summed E-state index contributed by atoms with van der Waals surface area (Å²) in [5, 5.41) is 11.3. The van der Waals surface area contributed by atoms with Crippen molar-refractivity contribution in [1.82, 2.24) is 0 Å². The van der Waals surface area contributed by atoms with Crippen LogP contribution in [0.3, 0.4) is 0 Å². The van der Waals surface area contributed by atoms with Gasteiger partial charge in [0, 0.05) is 23.4 Å². The van der Waals surface area contributed by atoms with Crippen LogP contribution in [0.5, 0.6) is 0 Å². The van der Waals surface area contributed by atoms with Crippen molar-refractivity contribution < 1.29 is 4.92 Å². The summed E-state index contributed by atoms with van der Waals surface area (Å²) in [6.07, 6.45) is 1.68. The molecule has 0 spiro atoms. The number of aliphatic imine (C=N–C) groups is 1. The number of halogens is 1. The number of nitro groups is 1. The van der Waals surface area contributed by atoms with Crippen LogP contribution in [0.4, 0.5) is 11.4 Å². The average molecular weight is 275 g/mol. The Morgan fingerprint density at radius 3 is 2.68 bits per heavy atom. The summed E-state index contributed by atoms with van der Waals surface area (Å²) < 4.78 is 0. The summed E-state index contributed by atoms with van der Waals surface area (Å²) in [6, 6.07) is 11.9. The maximum atomic E-state index is 10.6. The van der Waals surface area contributed by atoms with Crippen LogP contribution in [-0.2, 0) is 0 Å². The lowest BCUT2D eigenvalue weighted by Gasteiger charge is -2.00.